The van der Waals surface area contributed by atoms with Gasteiger partial charge in [0.2, 0.25) is 0 Å². The van der Waals surface area contributed by atoms with Crippen LogP contribution in [0, 0.1) is 0 Å². The minimum absolute atomic E-state index is 0.139. The molecule has 1 amide bonds. The molecule has 0 aliphatic heterocycles. The van der Waals surface area contributed by atoms with E-state index in [2.05, 4.69) is 0 Å². The molecule has 0 heterocycles. The third kappa shape index (κ3) is 8.09. The maximum absolute atomic E-state index is 12.6. The van der Waals surface area contributed by atoms with Gasteiger partial charge in [0, 0.05) is 0 Å². The summed E-state index contributed by atoms with van der Waals surface area (Å²) < 4.78 is 65.7. The van der Waals surface area contributed by atoms with Gasteiger partial charge in [0.25, 0.3) is 0 Å². The monoisotopic (exact) mass is 330 g/mol. The van der Waals surface area contributed by atoms with Crippen LogP contribution in [-0.2, 0) is 20.8 Å². The van der Waals surface area contributed by atoms with E-state index >= 15 is 0 Å². The van der Waals surface area contributed by atoms with Gasteiger partial charge < -0.3 is 9.47 Å². The van der Waals surface area contributed by atoms with Crippen LogP contribution in [0.5, 0.6) is 0 Å². The van der Waals surface area contributed by atoms with Crippen molar-refractivity contribution in [1.82, 2.24) is 5.06 Å². The smallest absolute Gasteiger partial charge is 0.442 e. The highest BCUT2D eigenvalue weighted by atomic mass is 16.8. The first kappa shape index (κ1) is 10.5. The molecule has 0 spiro atoms. The molecule has 0 saturated carbocycles. The molecule has 6 nitrogen and oxygen atoms in total. The van der Waals surface area contributed by atoms with Gasteiger partial charge in [-0.3, -0.25) is 4.84 Å². The lowest BCUT2D eigenvalue weighted by Gasteiger charge is -2.27. The van der Waals surface area contributed by atoms with Crippen LogP contribution in [0.15, 0.2) is 30.2 Å². The Kier molecular flexibility index (Phi) is 3.36. The Bertz CT molecular complexity index is 817. The number of rotatable bonds is 2. The molecule has 6 heteroatoms. The van der Waals surface area contributed by atoms with Gasteiger partial charge >= 0.3 is 12.2 Å². The van der Waals surface area contributed by atoms with E-state index < -0.39 is 65.7 Å². The molecular weight excluding hydrogens is 298 g/mol. The minimum Gasteiger partial charge on any atom is -0.442 e. The second-order valence-electron chi connectivity index (χ2n) is 6.44. The summed E-state index contributed by atoms with van der Waals surface area (Å²) >= 11 is 0. The predicted octanol–water partition coefficient (Wildman–Crippen LogP) is 4.29. The summed E-state index contributed by atoms with van der Waals surface area (Å²) in [5, 5.41) is -0.139. The predicted molar refractivity (Wildman–Crippen MR) is 85.5 cm³/mol. The highest BCUT2D eigenvalue weighted by Gasteiger charge is 2.28. The summed E-state index contributed by atoms with van der Waals surface area (Å²) in [5.74, 6) is 0. The van der Waals surface area contributed by atoms with Gasteiger partial charge in [0.1, 0.15) is 11.2 Å². The van der Waals surface area contributed by atoms with Gasteiger partial charge in [-0.15, -0.1) is 5.06 Å². The third-order valence-electron chi connectivity index (χ3n) is 1.83. The van der Waals surface area contributed by atoms with E-state index in [0.717, 1.165) is 0 Å². The van der Waals surface area contributed by atoms with Crippen molar-refractivity contribution in [3.8, 4) is 0 Å². The van der Waals surface area contributed by atoms with Crippen LogP contribution >= 0.6 is 0 Å². The molecule has 0 aliphatic rings. The van der Waals surface area contributed by atoms with Crippen molar-refractivity contribution in [1.29, 1.82) is 0 Å². The van der Waals surface area contributed by atoms with Gasteiger partial charge in [-0.2, -0.15) is 0 Å². The zero-order chi connectivity index (χ0) is 23.8. The first-order chi connectivity index (χ1) is 13.3. The van der Waals surface area contributed by atoms with Crippen LogP contribution in [0.1, 0.15) is 56.7 Å². The summed E-state index contributed by atoms with van der Waals surface area (Å²) in [6.45, 7) is 5.78. The molecule has 0 bridgehead atoms. The molecule has 0 aliphatic carbocycles. The van der Waals surface area contributed by atoms with Gasteiger partial charge in [-0.05, 0) is 47.1 Å². The van der Waals surface area contributed by atoms with E-state index in [4.69, 9.17) is 23.9 Å². The van der Waals surface area contributed by atoms with Crippen LogP contribution in [0.25, 0.3) is 0 Å². The number of hydrogen-bond donors (Lipinski definition) is 0. The van der Waals surface area contributed by atoms with E-state index in [1.807, 2.05) is 0 Å². The Morgan fingerprint density at radius 2 is 1.57 bits per heavy atom. The van der Waals surface area contributed by atoms with Crippen molar-refractivity contribution in [2.24, 2.45) is 0 Å². The fourth-order valence-electron chi connectivity index (χ4n) is 1.16. The highest BCUT2D eigenvalue weighted by molar-refractivity contribution is 5.70. The van der Waals surface area contributed by atoms with Crippen molar-refractivity contribution in [2.45, 2.75) is 59.2 Å². The topological polar surface area (TPSA) is 65.1 Å². The molecule has 23 heavy (non-hydrogen) atoms. The molecule has 0 aromatic heterocycles. The minimum atomic E-state index is -3.20. The number of amides is 1. The molecule has 1 rings (SSSR count). The van der Waals surface area contributed by atoms with Gasteiger partial charge in [-0.25, -0.2) is 9.59 Å². The van der Waals surface area contributed by atoms with Crippen LogP contribution < -0.4 is 0 Å². The molecular formula is C17H25NO5. The zero-order valence-corrected chi connectivity index (χ0v) is 14.0. The maximum atomic E-state index is 12.6. The number of ether oxygens (including phenoxy) is 2. The average molecular weight is 330 g/mol. The molecule has 0 fully saturated rings. The number of nitrogens with zero attached hydrogens (tertiary/aromatic N) is 1. The van der Waals surface area contributed by atoms with E-state index in [0.29, 0.717) is 0 Å². The highest BCUT2D eigenvalue weighted by Crippen LogP contribution is 2.15. The summed E-state index contributed by atoms with van der Waals surface area (Å²) in [5.41, 5.74) is -3.08. The van der Waals surface area contributed by atoms with Crippen LogP contribution in [-0.4, -0.2) is 28.5 Å². The SMILES string of the molecule is [2H]c1c([2H])c([2H])c(C([2H])([2H])N(OC(=O)OC(C)(C)C)C(=O)OC(C)(C)C)c([2H])c1[2H]. The number of carbonyl (C=O) groups is 2. The molecule has 1 aromatic rings. The second-order valence-corrected chi connectivity index (χ2v) is 6.44. The largest absolute Gasteiger partial charge is 0.534 e. The van der Waals surface area contributed by atoms with Gasteiger partial charge in [0.05, 0.1) is 16.1 Å². The lowest BCUT2D eigenvalue weighted by molar-refractivity contribution is -0.140. The summed E-state index contributed by atoms with van der Waals surface area (Å²) in [6, 6.07) is -4.21. The van der Waals surface area contributed by atoms with Gasteiger partial charge in [-0.1, -0.05) is 30.2 Å². The van der Waals surface area contributed by atoms with E-state index in [-0.39, 0.29) is 5.06 Å². The molecule has 0 unspecified atom stereocenters. The fraction of sp³-hybridized carbons (Fsp3) is 0.529. The summed E-state index contributed by atoms with van der Waals surface area (Å²) in [6.07, 6.45) is -2.92. The van der Waals surface area contributed by atoms with Crippen molar-refractivity contribution >= 4 is 12.2 Å². The summed E-state index contributed by atoms with van der Waals surface area (Å²) in [7, 11) is 0. The zero-order valence-electron chi connectivity index (χ0n) is 21.0. The average Bonchev–Trinajstić information content (AvgIpc) is 2.52. The van der Waals surface area contributed by atoms with E-state index in [1.54, 1.807) is 0 Å². The first-order valence-electron chi connectivity index (χ1n) is 10.3. The Labute approximate surface area is 147 Å². The summed E-state index contributed by atoms with van der Waals surface area (Å²) in [4.78, 5) is 29.5. The quantitative estimate of drug-likeness (QED) is 0.598. The number of benzene rings is 1. The van der Waals surface area contributed by atoms with Crippen LogP contribution in [0.3, 0.4) is 0 Å². The van der Waals surface area contributed by atoms with Crippen molar-refractivity contribution < 1.29 is 33.5 Å². The molecule has 0 radical (unpaired) electrons. The van der Waals surface area contributed by atoms with E-state index in [1.165, 1.54) is 41.5 Å². The fourth-order valence-corrected chi connectivity index (χ4v) is 1.16. The lowest BCUT2D eigenvalue weighted by Crippen LogP contribution is -2.39. The standard InChI is InChI=1S/C17H25NO5/c1-16(2,3)21-14(19)18(12-13-10-8-7-9-11-13)23-15(20)22-17(4,5)6/h7-11H,12H2,1-6H3/i7D,8D,9D,10D,11D,12D2. The molecule has 0 N–H and O–H groups in total. The number of hydroxylamine groups is 2. The normalized spacial score (nSPS) is 16.5. The Morgan fingerprint density at radius 1 is 1.04 bits per heavy atom. The Hall–Kier alpha value is -2.24. The van der Waals surface area contributed by atoms with Crippen LogP contribution in [0.2, 0.25) is 0 Å². The van der Waals surface area contributed by atoms with Crippen molar-refractivity contribution in [3.05, 3.63) is 35.8 Å². The molecule has 128 valence electrons. The number of hydrogen-bond acceptors (Lipinski definition) is 5. The Balaban J connectivity index is 3.59. The molecule has 0 saturated heterocycles. The first-order valence-corrected chi connectivity index (χ1v) is 6.81. The van der Waals surface area contributed by atoms with E-state index in [9.17, 15) is 9.59 Å². The number of carbonyl (C=O) groups excluding carboxylic acids is 2. The molecule has 1 aromatic carbocycles. The third-order valence-corrected chi connectivity index (χ3v) is 1.83. The second kappa shape index (κ2) is 7.35. The van der Waals surface area contributed by atoms with Crippen molar-refractivity contribution in [3.63, 3.8) is 0 Å². The van der Waals surface area contributed by atoms with Crippen LogP contribution in [0.4, 0.5) is 9.59 Å². The lowest BCUT2D eigenvalue weighted by atomic mass is 10.2. The van der Waals surface area contributed by atoms with Gasteiger partial charge in [0.15, 0.2) is 0 Å². The molecule has 0 atom stereocenters. The maximum Gasteiger partial charge on any atom is 0.534 e. The Morgan fingerprint density at radius 3 is 2.04 bits per heavy atom. The van der Waals surface area contributed by atoms with Crippen molar-refractivity contribution in [2.75, 3.05) is 0 Å².